The van der Waals surface area contributed by atoms with Gasteiger partial charge in [-0.25, -0.2) is 4.79 Å². The van der Waals surface area contributed by atoms with E-state index in [-0.39, 0.29) is 18.2 Å². The number of ether oxygens (including phenoxy) is 2. The van der Waals surface area contributed by atoms with Crippen LogP contribution in [0.3, 0.4) is 0 Å². The quantitative estimate of drug-likeness (QED) is 0.421. The molecule has 4 bridgehead atoms. The van der Waals surface area contributed by atoms with Crippen molar-refractivity contribution < 1.29 is 14.3 Å². The lowest BCUT2D eigenvalue weighted by Gasteiger charge is -2.60. The van der Waals surface area contributed by atoms with Crippen molar-refractivity contribution >= 4 is 5.97 Å². The molecule has 1 unspecified atom stereocenters. The van der Waals surface area contributed by atoms with Crippen molar-refractivity contribution in [2.45, 2.75) is 90.6 Å². The Morgan fingerprint density at radius 2 is 1.60 bits per heavy atom. The fourth-order valence-corrected chi connectivity index (χ4v) is 6.63. The van der Waals surface area contributed by atoms with Gasteiger partial charge in [-0.1, -0.05) is 39.8 Å². The summed E-state index contributed by atoms with van der Waals surface area (Å²) in [5.41, 5.74) is 1.08. The number of benzene rings is 1. The Hall–Kier alpha value is -1.51. The zero-order valence-electron chi connectivity index (χ0n) is 19.4. The zero-order valence-corrected chi connectivity index (χ0v) is 19.4. The summed E-state index contributed by atoms with van der Waals surface area (Å²) in [7, 11) is 0. The monoisotopic (exact) mass is 412 g/mol. The molecule has 0 amide bonds. The van der Waals surface area contributed by atoms with E-state index < -0.39 is 0 Å². The van der Waals surface area contributed by atoms with Crippen molar-refractivity contribution in [2.75, 3.05) is 6.61 Å². The van der Waals surface area contributed by atoms with Gasteiger partial charge in [-0.3, -0.25) is 0 Å². The topological polar surface area (TPSA) is 35.5 Å². The lowest BCUT2D eigenvalue weighted by Crippen LogP contribution is -2.60. The Morgan fingerprint density at radius 1 is 1.00 bits per heavy atom. The summed E-state index contributed by atoms with van der Waals surface area (Å²) in [5.74, 6) is 4.62. The first kappa shape index (κ1) is 21.7. The summed E-state index contributed by atoms with van der Waals surface area (Å²) in [6.07, 6.45) is 9.73. The standard InChI is InChI=1S/C27H40O3/c1-5-19(4)22-6-8-25(9-7-22)29-17-26(28)30-27(11-10-18(2)3)23-13-20-12-21(15-23)16-24(27)14-20/h6-9,18-21,23-24H,5,10-17H2,1-4H3. The van der Waals surface area contributed by atoms with Gasteiger partial charge >= 0.3 is 5.97 Å². The Labute approximate surface area is 182 Å². The highest BCUT2D eigenvalue weighted by Crippen LogP contribution is 2.61. The van der Waals surface area contributed by atoms with Crippen molar-refractivity contribution in [1.29, 1.82) is 0 Å². The molecular weight excluding hydrogens is 372 g/mol. The number of esters is 1. The van der Waals surface area contributed by atoms with Crippen LogP contribution < -0.4 is 4.74 Å². The van der Waals surface area contributed by atoms with E-state index in [9.17, 15) is 4.79 Å². The molecule has 30 heavy (non-hydrogen) atoms. The minimum atomic E-state index is -0.238. The summed E-state index contributed by atoms with van der Waals surface area (Å²) in [6.45, 7) is 8.99. The molecule has 0 radical (unpaired) electrons. The minimum absolute atomic E-state index is 0.0123. The molecule has 3 nitrogen and oxygen atoms in total. The predicted octanol–water partition coefficient (Wildman–Crippen LogP) is 6.75. The van der Waals surface area contributed by atoms with Gasteiger partial charge in [-0.05, 0) is 105 Å². The molecule has 0 N–H and O–H groups in total. The molecule has 0 aromatic heterocycles. The smallest absolute Gasteiger partial charge is 0.344 e. The van der Waals surface area contributed by atoms with Crippen molar-refractivity contribution in [2.24, 2.45) is 29.6 Å². The van der Waals surface area contributed by atoms with Crippen LogP contribution >= 0.6 is 0 Å². The van der Waals surface area contributed by atoms with E-state index in [1.54, 1.807) is 0 Å². The molecule has 0 saturated heterocycles. The van der Waals surface area contributed by atoms with Crippen LogP contribution in [0.2, 0.25) is 0 Å². The molecule has 0 aliphatic heterocycles. The molecule has 0 heterocycles. The minimum Gasteiger partial charge on any atom is -0.482 e. The van der Waals surface area contributed by atoms with Gasteiger partial charge in [0.15, 0.2) is 6.61 Å². The summed E-state index contributed by atoms with van der Waals surface area (Å²) in [4.78, 5) is 12.9. The molecule has 5 rings (SSSR count). The molecule has 4 saturated carbocycles. The third-order valence-corrected chi connectivity index (χ3v) is 8.35. The third-order valence-electron chi connectivity index (χ3n) is 8.35. The van der Waals surface area contributed by atoms with Crippen LogP contribution in [0.4, 0.5) is 0 Å². The Kier molecular flexibility index (Phi) is 6.46. The van der Waals surface area contributed by atoms with Gasteiger partial charge in [-0.2, -0.15) is 0 Å². The maximum absolute atomic E-state index is 12.9. The molecule has 4 aliphatic rings. The maximum atomic E-state index is 12.9. The van der Waals surface area contributed by atoms with Crippen molar-refractivity contribution in [3.8, 4) is 5.75 Å². The molecule has 4 fully saturated rings. The van der Waals surface area contributed by atoms with Crippen LogP contribution in [0.1, 0.15) is 90.5 Å². The highest BCUT2D eigenvalue weighted by Gasteiger charge is 2.59. The van der Waals surface area contributed by atoms with E-state index in [0.717, 1.165) is 36.8 Å². The van der Waals surface area contributed by atoms with Crippen LogP contribution in [0, 0.1) is 29.6 Å². The van der Waals surface area contributed by atoms with E-state index in [0.29, 0.717) is 23.7 Å². The van der Waals surface area contributed by atoms with E-state index in [1.807, 2.05) is 12.1 Å². The average Bonchev–Trinajstić information content (AvgIpc) is 2.73. The first-order valence-corrected chi connectivity index (χ1v) is 12.3. The Morgan fingerprint density at radius 3 is 2.13 bits per heavy atom. The van der Waals surface area contributed by atoms with Crippen molar-refractivity contribution in [3.05, 3.63) is 29.8 Å². The molecule has 0 spiro atoms. The van der Waals surface area contributed by atoms with Gasteiger partial charge in [0.1, 0.15) is 11.4 Å². The lowest BCUT2D eigenvalue weighted by atomic mass is 9.49. The molecule has 1 aromatic carbocycles. The molecular formula is C27H40O3. The van der Waals surface area contributed by atoms with Crippen LogP contribution in [0.25, 0.3) is 0 Å². The summed E-state index contributed by atoms with van der Waals surface area (Å²) in [6, 6.07) is 8.17. The number of hydrogen-bond acceptors (Lipinski definition) is 3. The SMILES string of the molecule is CCC(C)c1ccc(OCC(=O)OC2(CCC(C)C)C3CC4CC(C3)CC2C4)cc1. The molecule has 1 aromatic rings. The number of carbonyl (C=O) groups excluding carboxylic acids is 1. The second kappa shape index (κ2) is 8.93. The molecule has 4 aliphatic carbocycles. The summed E-state index contributed by atoms with van der Waals surface area (Å²) in [5, 5.41) is 0. The van der Waals surface area contributed by atoms with E-state index >= 15 is 0 Å². The third kappa shape index (κ3) is 4.41. The highest BCUT2D eigenvalue weighted by atomic mass is 16.6. The highest BCUT2D eigenvalue weighted by molar-refractivity contribution is 5.71. The number of carbonyl (C=O) groups is 1. The van der Waals surface area contributed by atoms with E-state index in [4.69, 9.17) is 9.47 Å². The zero-order chi connectivity index (χ0) is 21.3. The largest absolute Gasteiger partial charge is 0.482 e. The molecule has 1 atom stereocenters. The van der Waals surface area contributed by atoms with Gasteiger partial charge in [0.2, 0.25) is 0 Å². The second-order valence-electron chi connectivity index (χ2n) is 10.8. The second-order valence-corrected chi connectivity index (χ2v) is 10.8. The van der Waals surface area contributed by atoms with Gasteiger partial charge in [0.05, 0.1) is 0 Å². The van der Waals surface area contributed by atoms with Gasteiger partial charge < -0.3 is 9.47 Å². The van der Waals surface area contributed by atoms with E-state index in [1.165, 1.54) is 37.7 Å². The van der Waals surface area contributed by atoms with Crippen LogP contribution in [-0.4, -0.2) is 18.2 Å². The first-order valence-electron chi connectivity index (χ1n) is 12.3. The Bertz CT molecular complexity index is 692. The van der Waals surface area contributed by atoms with Gasteiger partial charge in [0, 0.05) is 0 Å². The Balaban J connectivity index is 1.40. The van der Waals surface area contributed by atoms with Crippen molar-refractivity contribution in [3.63, 3.8) is 0 Å². The van der Waals surface area contributed by atoms with Crippen LogP contribution in [0.15, 0.2) is 24.3 Å². The maximum Gasteiger partial charge on any atom is 0.344 e. The fraction of sp³-hybridized carbons (Fsp3) is 0.741. The normalized spacial score (nSPS) is 33.0. The van der Waals surface area contributed by atoms with Crippen molar-refractivity contribution in [1.82, 2.24) is 0 Å². The summed E-state index contributed by atoms with van der Waals surface area (Å²) >= 11 is 0. The predicted molar refractivity (Wildman–Crippen MR) is 121 cm³/mol. The van der Waals surface area contributed by atoms with Gasteiger partial charge in [-0.15, -0.1) is 0 Å². The van der Waals surface area contributed by atoms with Crippen LogP contribution in [-0.2, 0) is 9.53 Å². The van der Waals surface area contributed by atoms with E-state index in [2.05, 4.69) is 39.8 Å². The molecule has 3 heteroatoms. The van der Waals surface area contributed by atoms with Gasteiger partial charge in [0.25, 0.3) is 0 Å². The summed E-state index contributed by atoms with van der Waals surface area (Å²) < 4.78 is 12.2. The fourth-order valence-electron chi connectivity index (χ4n) is 6.63. The average molecular weight is 413 g/mol. The number of rotatable bonds is 9. The lowest BCUT2D eigenvalue weighted by molar-refractivity contribution is -0.214. The number of hydrogen-bond donors (Lipinski definition) is 0. The first-order chi connectivity index (χ1) is 14.4. The van der Waals surface area contributed by atoms with Crippen LogP contribution in [0.5, 0.6) is 5.75 Å². The molecule has 166 valence electrons.